The number of hydrogen-bond acceptors (Lipinski definition) is 8. The number of nitrogens with one attached hydrogen (secondary N) is 3. The Morgan fingerprint density at radius 2 is 1.53 bits per heavy atom. The van der Waals surface area contributed by atoms with Gasteiger partial charge < -0.3 is 37.6 Å². The first-order valence-corrected chi connectivity index (χ1v) is 12.4. The maximum absolute atomic E-state index is 13.0. The Bertz CT molecular complexity index is 807. The van der Waals surface area contributed by atoms with Crippen LogP contribution in [0.25, 0.3) is 0 Å². The van der Waals surface area contributed by atoms with Crippen molar-refractivity contribution in [1.29, 1.82) is 0 Å². The molecule has 1 aromatic rings. The van der Waals surface area contributed by atoms with Crippen molar-refractivity contribution in [3.05, 3.63) is 29.8 Å². The number of phenols is 1. The van der Waals surface area contributed by atoms with Crippen molar-refractivity contribution in [2.75, 3.05) is 25.1 Å². The molecule has 0 spiro atoms. The molecule has 0 aromatic heterocycles. The number of aliphatic carboxylic acids is 1. The average Bonchev–Trinajstić information content (AvgIpc) is 2.81. The first-order chi connectivity index (χ1) is 16.2. The van der Waals surface area contributed by atoms with E-state index in [2.05, 4.69) is 16.0 Å². The molecule has 9 N–H and O–H groups in total. The van der Waals surface area contributed by atoms with Gasteiger partial charge in [0.1, 0.15) is 23.9 Å². The maximum Gasteiger partial charge on any atom is 0.326 e. The molecule has 0 heterocycles. The summed E-state index contributed by atoms with van der Waals surface area (Å²) >= 11 is 1.45. The number of unbranched alkanes of at least 4 members (excludes halogenated alkanes) is 1. The third-order valence-electron chi connectivity index (χ3n) is 5.02. The number of carbonyl (C=O) groups is 4. The SMILES string of the molecule is CSCCC(NC(=O)C(Cc1ccc(O)cc1)NC(=O)C(CCCCN)NC(=O)CN)C(=O)O. The van der Waals surface area contributed by atoms with E-state index >= 15 is 0 Å². The fraction of sp³-hybridized carbons (Fsp3) is 0.545. The van der Waals surface area contributed by atoms with Crippen molar-refractivity contribution < 1.29 is 29.4 Å². The maximum atomic E-state index is 13.0. The Balaban J connectivity index is 3.07. The van der Waals surface area contributed by atoms with Crippen LogP contribution < -0.4 is 27.4 Å². The van der Waals surface area contributed by atoms with Gasteiger partial charge in [-0.05, 0) is 61.9 Å². The van der Waals surface area contributed by atoms with E-state index in [1.807, 2.05) is 6.26 Å². The minimum Gasteiger partial charge on any atom is -0.508 e. The van der Waals surface area contributed by atoms with Gasteiger partial charge in [0.05, 0.1) is 6.54 Å². The van der Waals surface area contributed by atoms with Gasteiger partial charge in [0.25, 0.3) is 0 Å². The van der Waals surface area contributed by atoms with Gasteiger partial charge in [0, 0.05) is 6.42 Å². The molecular formula is C22H35N5O6S. The third kappa shape index (κ3) is 10.9. The van der Waals surface area contributed by atoms with Crippen molar-refractivity contribution in [2.24, 2.45) is 11.5 Å². The molecule has 0 radical (unpaired) electrons. The monoisotopic (exact) mass is 497 g/mol. The first kappa shape index (κ1) is 29.2. The Labute approximate surface area is 203 Å². The lowest BCUT2D eigenvalue weighted by molar-refractivity contribution is -0.142. The van der Waals surface area contributed by atoms with Crippen LogP contribution in [0.2, 0.25) is 0 Å². The van der Waals surface area contributed by atoms with Gasteiger partial charge in [-0.15, -0.1) is 0 Å². The molecule has 3 amide bonds. The van der Waals surface area contributed by atoms with Crippen LogP contribution in [0, 0.1) is 0 Å². The molecule has 0 saturated heterocycles. The Kier molecular flexibility index (Phi) is 13.7. The number of thioether (sulfide) groups is 1. The van der Waals surface area contributed by atoms with Gasteiger partial charge in [0.15, 0.2) is 0 Å². The molecule has 1 rings (SSSR count). The number of aromatic hydroxyl groups is 1. The highest BCUT2D eigenvalue weighted by Crippen LogP contribution is 2.12. The number of carbonyl (C=O) groups excluding carboxylic acids is 3. The summed E-state index contributed by atoms with van der Waals surface area (Å²) in [5.74, 6) is -2.38. The summed E-state index contributed by atoms with van der Waals surface area (Å²) in [5, 5.41) is 26.7. The second-order valence-electron chi connectivity index (χ2n) is 7.72. The standard InChI is InChI=1S/C22H35N5O6S/c1-34-11-9-17(22(32)33)26-21(31)18(12-14-5-7-15(28)8-6-14)27-20(30)16(4-2-3-10-23)25-19(29)13-24/h5-8,16-18,28H,2-4,9-13,23-24H2,1H3,(H,25,29)(H,26,31)(H,27,30)(H,32,33). The van der Waals surface area contributed by atoms with Gasteiger partial charge in [0.2, 0.25) is 17.7 Å². The predicted molar refractivity (Wildman–Crippen MR) is 130 cm³/mol. The number of rotatable bonds is 16. The molecule has 12 heteroatoms. The molecule has 3 atom stereocenters. The predicted octanol–water partition coefficient (Wildman–Crippen LogP) is -0.685. The molecular weight excluding hydrogens is 462 g/mol. The van der Waals surface area contributed by atoms with Crippen LogP contribution in [-0.4, -0.2) is 77.1 Å². The van der Waals surface area contributed by atoms with E-state index in [9.17, 15) is 29.4 Å². The van der Waals surface area contributed by atoms with E-state index in [0.717, 1.165) is 0 Å². The van der Waals surface area contributed by atoms with Gasteiger partial charge in [-0.25, -0.2) is 4.79 Å². The molecule has 34 heavy (non-hydrogen) atoms. The van der Waals surface area contributed by atoms with E-state index in [4.69, 9.17) is 11.5 Å². The smallest absolute Gasteiger partial charge is 0.326 e. The van der Waals surface area contributed by atoms with Crippen LogP contribution in [0.1, 0.15) is 31.2 Å². The minimum absolute atomic E-state index is 0.0428. The Morgan fingerprint density at radius 1 is 0.912 bits per heavy atom. The molecule has 11 nitrogen and oxygen atoms in total. The van der Waals surface area contributed by atoms with Crippen LogP contribution >= 0.6 is 11.8 Å². The Hall–Kier alpha value is -2.83. The molecule has 0 saturated carbocycles. The molecule has 0 aliphatic rings. The highest BCUT2D eigenvalue weighted by molar-refractivity contribution is 7.98. The molecule has 1 aromatic carbocycles. The number of phenolic OH excluding ortho intramolecular Hbond substituents is 1. The number of benzene rings is 1. The molecule has 3 unspecified atom stereocenters. The number of carboxylic acids is 1. The van der Waals surface area contributed by atoms with Crippen molar-refractivity contribution >= 4 is 35.5 Å². The number of amides is 3. The third-order valence-corrected chi connectivity index (χ3v) is 5.66. The summed E-state index contributed by atoms with van der Waals surface area (Å²) in [7, 11) is 0. The average molecular weight is 498 g/mol. The van der Waals surface area contributed by atoms with Gasteiger partial charge in [-0.3, -0.25) is 14.4 Å². The largest absolute Gasteiger partial charge is 0.508 e. The normalized spacial score (nSPS) is 13.4. The molecule has 0 fully saturated rings. The highest BCUT2D eigenvalue weighted by atomic mass is 32.2. The van der Waals surface area contributed by atoms with Crippen LogP contribution in [-0.2, 0) is 25.6 Å². The molecule has 0 aliphatic carbocycles. The van der Waals surface area contributed by atoms with Gasteiger partial charge >= 0.3 is 5.97 Å². The van der Waals surface area contributed by atoms with Gasteiger partial charge in [-0.1, -0.05) is 12.1 Å². The highest BCUT2D eigenvalue weighted by Gasteiger charge is 2.29. The molecule has 190 valence electrons. The van der Waals surface area contributed by atoms with E-state index in [1.54, 1.807) is 12.1 Å². The van der Waals surface area contributed by atoms with Crippen molar-refractivity contribution in [2.45, 2.75) is 50.2 Å². The summed E-state index contributed by atoms with van der Waals surface area (Å²) in [6, 6.07) is 2.93. The van der Waals surface area contributed by atoms with Crippen LogP contribution in [0.5, 0.6) is 5.75 Å². The lowest BCUT2D eigenvalue weighted by Gasteiger charge is -2.24. The zero-order chi connectivity index (χ0) is 25.5. The topological polar surface area (TPSA) is 197 Å². The fourth-order valence-electron chi connectivity index (χ4n) is 3.13. The zero-order valence-corrected chi connectivity index (χ0v) is 20.1. The second-order valence-corrected chi connectivity index (χ2v) is 8.71. The van der Waals surface area contributed by atoms with Crippen molar-refractivity contribution in [3.8, 4) is 5.75 Å². The summed E-state index contributed by atoms with van der Waals surface area (Å²) < 4.78 is 0. The lowest BCUT2D eigenvalue weighted by atomic mass is 10.0. The summed E-state index contributed by atoms with van der Waals surface area (Å²) in [5.41, 5.74) is 11.5. The quantitative estimate of drug-likeness (QED) is 0.145. The van der Waals surface area contributed by atoms with Crippen molar-refractivity contribution in [3.63, 3.8) is 0 Å². The van der Waals surface area contributed by atoms with Gasteiger partial charge in [-0.2, -0.15) is 11.8 Å². The van der Waals surface area contributed by atoms with Crippen LogP contribution in [0.3, 0.4) is 0 Å². The van der Waals surface area contributed by atoms with Crippen molar-refractivity contribution in [1.82, 2.24) is 16.0 Å². The zero-order valence-electron chi connectivity index (χ0n) is 19.3. The second kappa shape index (κ2) is 15.9. The molecule has 0 bridgehead atoms. The summed E-state index contributed by atoms with van der Waals surface area (Å²) in [6.45, 7) is 0.130. The van der Waals surface area contributed by atoms with Crippen LogP contribution in [0.4, 0.5) is 0 Å². The van der Waals surface area contributed by atoms with E-state index in [1.165, 1.54) is 23.9 Å². The number of hydrogen-bond donors (Lipinski definition) is 7. The fourth-order valence-corrected chi connectivity index (χ4v) is 3.60. The number of carboxylic acid groups (broad SMARTS) is 1. The van der Waals surface area contributed by atoms with E-state index in [-0.39, 0.29) is 25.1 Å². The first-order valence-electron chi connectivity index (χ1n) is 11.0. The van der Waals surface area contributed by atoms with E-state index < -0.39 is 41.8 Å². The lowest BCUT2D eigenvalue weighted by Crippen LogP contribution is -2.56. The Morgan fingerprint density at radius 3 is 2.09 bits per heavy atom. The van der Waals surface area contributed by atoms with E-state index in [0.29, 0.717) is 37.1 Å². The summed E-state index contributed by atoms with van der Waals surface area (Å²) in [4.78, 5) is 49.4. The van der Waals surface area contributed by atoms with Crippen LogP contribution in [0.15, 0.2) is 24.3 Å². The molecule has 0 aliphatic heterocycles. The minimum atomic E-state index is -1.17. The number of nitrogens with two attached hydrogens (primary N) is 2. The summed E-state index contributed by atoms with van der Waals surface area (Å²) in [6.07, 6.45) is 3.62.